The monoisotopic (exact) mass is 859 g/mol. The number of nitrogens with zero attached hydrogens (tertiary/aromatic N) is 1. The maximum Gasteiger partial charge on any atom is 0.334 e. The van der Waals surface area contributed by atoms with Crippen LogP contribution in [0.25, 0.3) is 10.8 Å². The highest BCUT2D eigenvalue weighted by Crippen LogP contribution is 2.40. The summed E-state index contributed by atoms with van der Waals surface area (Å²) in [6.07, 6.45) is 2.00. The molecule has 5 aromatic rings. The van der Waals surface area contributed by atoms with E-state index < -0.39 is 28.1 Å². The van der Waals surface area contributed by atoms with E-state index in [0.29, 0.717) is 58.8 Å². The van der Waals surface area contributed by atoms with Gasteiger partial charge in [-0.05, 0) is 55.2 Å². The molecule has 4 aromatic carbocycles. The van der Waals surface area contributed by atoms with Crippen molar-refractivity contribution < 1.29 is 51.2 Å². The van der Waals surface area contributed by atoms with Gasteiger partial charge in [0.2, 0.25) is 10.0 Å². The van der Waals surface area contributed by atoms with Gasteiger partial charge >= 0.3 is 12.0 Å². The Labute approximate surface area is 356 Å². The highest BCUT2D eigenvalue weighted by molar-refractivity contribution is 7.92. The molecule has 0 saturated carbocycles. The van der Waals surface area contributed by atoms with Crippen molar-refractivity contribution in [2.75, 3.05) is 74.2 Å². The number of hydrogen-bond acceptors (Lipinski definition) is 13. The maximum absolute atomic E-state index is 13.5. The average molecular weight is 860 g/mol. The van der Waals surface area contributed by atoms with Crippen LogP contribution in [-0.4, -0.2) is 85.0 Å². The van der Waals surface area contributed by atoms with Crippen LogP contribution in [0.1, 0.15) is 40.2 Å². The number of ether oxygens (including phenoxy) is 7. The third kappa shape index (κ3) is 13.3. The van der Waals surface area contributed by atoms with Gasteiger partial charge in [0.25, 0.3) is 0 Å². The van der Waals surface area contributed by atoms with Crippen LogP contribution in [0.5, 0.6) is 28.7 Å². The predicted molar refractivity (Wildman–Crippen MR) is 236 cm³/mol. The van der Waals surface area contributed by atoms with Crippen LogP contribution in [0.4, 0.5) is 33.4 Å². The fourth-order valence-corrected chi connectivity index (χ4v) is 6.54. The van der Waals surface area contributed by atoms with Crippen LogP contribution >= 0.6 is 0 Å². The summed E-state index contributed by atoms with van der Waals surface area (Å²) >= 11 is 0. The molecule has 0 radical (unpaired) electrons. The van der Waals surface area contributed by atoms with Crippen molar-refractivity contribution in [2.24, 2.45) is 0 Å². The minimum atomic E-state index is -3.65. The van der Waals surface area contributed by atoms with E-state index in [1.165, 1.54) is 7.11 Å². The Kier molecular flexibility index (Phi) is 15.6. The van der Waals surface area contributed by atoms with Gasteiger partial charge in [0, 0.05) is 46.9 Å². The van der Waals surface area contributed by atoms with Crippen LogP contribution in [0.15, 0.2) is 85.1 Å². The lowest BCUT2D eigenvalue weighted by molar-refractivity contribution is -0.156. The Bertz CT molecular complexity index is 2420. The van der Waals surface area contributed by atoms with Gasteiger partial charge in [-0.1, -0.05) is 45.0 Å². The quantitative estimate of drug-likeness (QED) is 0.0431. The number of pyridine rings is 1. The van der Waals surface area contributed by atoms with E-state index in [2.05, 4.69) is 25.7 Å². The van der Waals surface area contributed by atoms with Gasteiger partial charge in [-0.3, -0.25) is 4.72 Å². The van der Waals surface area contributed by atoms with Crippen LogP contribution in [0.2, 0.25) is 0 Å². The third-order valence-electron chi connectivity index (χ3n) is 8.89. The molecular weight excluding hydrogens is 807 g/mol. The van der Waals surface area contributed by atoms with Crippen molar-refractivity contribution in [1.82, 2.24) is 4.98 Å². The SMILES string of the molecule is CCOC(=O)C(C)OCCOCCOc1cc(Nc2cc(Oc3ccc(NC(=O)Nc4cc(C(C)(C)C)cc(NS(C)(=O)=O)c4OC)c4ccccc34)ccn2)cc(OC)c1. The first kappa shape index (κ1) is 45.8. The van der Waals surface area contributed by atoms with Crippen LogP contribution in [-0.2, 0) is 34.4 Å². The molecule has 0 saturated heterocycles. The van der Waals surface area contributed by atoms with Gasteiger partial charge < -0.3 is 49.1 Å². The number of amides is 2. The van der Waals surface area contributed by atoms with E-state index in [1.54, 1.807) is 81.8 Å². The van der Waals surface area contributed by atoms with E-state index in [9.17, 15) is 18.0 Å². The first-order chi connectivity index (χ1) is 29.1. The second kappa shape index (κ2) is 20.8. The number of benzene rings is 4. The lowest BCUT2D eigenvalue weighted by Crippen LogP contribution is -2.25. The fourth-order valence-electron chi connectivity index (χ4n) is 5.99. The number of nitrogens with one attached hydrogen (secondary N) is 4. The van der Waals surface area contributed by atoms with Crippen molar-refractivity contribution in [3.05, 3.63) is 90.6 Å². The molecule has 0 aliphatic carbocycles. The maximum atomic E-state index is 13.5. The Morgan fingerprint density at radius 3 is 2.20 bits per heavy atom. The van der Waals surface area contributed by atoms with Crippen LogP contribution in [0, 0.1) is 0 Å². The molecule has 0 bridgehead atoms. The number of anilines is 5. The average Bonchev–Trinajstić information content (AvgIpc) is 3.20. The van der Waals surface area contributed by atoms with E-state index in [4.69, 9.17) is 33.2 Å². The molecule has 4 N–H and O–H groups in total. The van der Waals surface area contributed by atoms with Crippen molar-refractivity contribution in [3.8, 4) is 28.7 Å². The minimum absolute atomic E-state index is 0.165. The number of aromatic nitrogens is 1. The summed E-state index contributed by atoms with van der Waals surface area (Å²) in [7, 11) is -0.684. The number of urea groups is 1. The standard InChI is InChI=1S/C44H53N5O11S/c1-9-57-42(50)28(2)58-20-18-56-19-21-59-33-25-30(24-32(26-33)54-6)46-40-27-31(16-17-45-40)60-39-15-14-36(34-12-10-11-13-35(34)39)47-43(51)48-37-22-29(44(3,4)5)23-38(41(37)55-7)49-61(8,52)53/h10-17,22-28,49H,9,18-21H2,1-8H3,(H,45,46)(H2,47,48,51). The summed E-state index contributed by atoms with van der Waals surface area (Å²) in [5, 5.41) is 10.5. The van der Waals surface area contributed by atoms with E-state index in [-0.39, 0.29) is 42.4 Å². The number of carbonyl (C=O) groups excluding carboxylic acids is 2. The largest absolute Gasteiger partial charge is 0.497 e. The van der Waals surface area contributed by atoms with E-state index in [0.717, 1.165) is 17.2 Å². The summed E-state index contributed by atoms with van der Waals surface area (Å²) in [6, 6.07) is 22.7. The number of fused-ring (bicyclic) bond motifs is 1. The molecule has 61 heavy (non-hydrogen) atoms. The number of carbonyl (C=O) groups is 2. The molecular formula is C44H53N5O11S. The summed E-state index contributed by atoms with van der Waals surface area (Å²) in [5.41, 5.74) is 2.06. The molecule has 1 aromatic heterocycles. The predicted octanol–water partition coefficient (Wildman–Crippen LogP) is 8.46. The highest BCUT2D eigenvalue weighted by Gasteiger charge is 2.23. The first-order valence-electron chi connectivity index (χ1n) is 19.5. The lowest BCUT2D eigenvalue weighted by atomic mass is 9.86. The molecule has 1 unspecified atom stereocenters. The van der Waals surface area contributed by atoms with Crippen molar-refractivity contribution >= 4 is 61.4 Å². The normalized spacial score (nSPS) is 11.9. The van der Waals surface area contributed by atoms with Gasteiger partial charge in [-0.2, -0.15) is 0 Å². The topological polar surface area (TPSA) is 194 Å². The highest BCUT2D eigenvalue weighted by atomic mass is 32.2. The molecule has 326 valence electrons. The number of methoxy groups -OCH3 is 2. The van der Waals surface area contributed by atoms with Gasteiger partial charge in [0.1, 0.15) is 35.4 Å². The summed E-state index contributed by atoms with van der Waals surface area (Å²) in [4.78, 5) is 29.7. The Balaban J connectivity index is 1.25. The zero-order chi connectivity index (χ0) is 44.2. The summed E-state index contributed by atoms with van der Waals surface area (Å²) in [6.45, 7) is 10.7. The molecule has 17 heteroatoms. The van der Waals surface area contributed by atoms with Crippen LogP contribution < -0.4 is 39.6 Å². The molecule has 0 spiro atoms. The Hall–Kier alpha value is -6.30. The van der Waals surface area contributed by atoms with Crippen LogP contribution in [0.3, 0.4) is 0 Å². The second-order valence-corrected chi connectivity index (χ2v) is 16.4. The van der Waals surface area contributed by atoms with Gasteiger partial charge in [0.05, 0.1) is 64.0 Å². The number of hydrogen-bond donors (Lipinski definition) is 4. The molecule has 1 atom stereocenters. The summed E-state index contributed by atoms with van der Waals surface area (Å²) < 4.78 is 66.2. The molecule has 0 aliphatic heterocycles. The zero-order valence-corrected chi connectivity index (χ0v) is 36.4. The number of rotatable bonds is 20. The molecule has 0 aliphatic rings. The first-order valence-corrected chi connectivity index (χ1v) is 21.3. The number of sulfonamides is 1. The Morgan fingerprint density at radius 1 is 0.787 bits per heavy atom. The van der Waals surface area contributed by atoms with E-state index in [1.807, 2.05) is 45.0 Å². The lowest BCUT2D eigenvalue weighted by Gasteiger charge is -2.24. The van der Waals surface area contributed by atoms with Gasteiger partial charge in [-0.15, -0.1) is 0 Å². The number of esters is 1. The molecule has 5 rings (SSSR count). The van der Waals surface area contributed by atoms with Gasteiger partial charge in [0.15, 0.2) is 11.9 Å². The Morgan fingerprint density at radius 2 is 1.49 bits per heavy atom. The zero-order valence-electron chi connectivity index (χ0n) is 35.5. The van der Waals surface area contributed by atoms with Crippen molar-refractivity contribution in [2.45, 2.75) is 46.1 Å². The van der Waals surface area contributed by atoms with Crippen molar-refractivity contribution in [1.29, 1.82) is 0 Å². The smallest absolute Gasteiger partial charge is 0.334 e. The van der Waals surface area contributed by atoms with E-state index >= 15 is 0 Å². The molecule has 1 heterocycles. The minimum Gasteiger partial charge on any atom is -0.497 e. The molecule has 2 amide bonds. The third-order valence-corrected chi connectivity index (χ3v) is 9.48. The fraction of sp³-hybridized carbons (Fsp3) is 0.341. The molecule has 0 fully saturated rings. The molecule has 16 nitrogen and oxygen atoms in total. The van der Waals surface area contributed by atoms with Gasteiger partial charge in [-0.25, -0.2) is 23.0 Å². The van der Waals surface area contributed by atoms with Crippen molar-refractivity contribution in [3.63, 3.8) is 0 Å². The summed E-state index contributed by atoms with van der Waals surface area (Å²) in [5.74, 6) is 2.40. The second-order valence-electron chi connectivity index (χ2n) is 14.7.